The second kappa shape index (κ2) is 3.38. The third-order valence-corrected chi connectivity index (χ3v) is 2.44. The van der Waals surface area contributed by atoms with Gasteiger partial charge < -0.3 is 9.47 Å². The Labute approximate surface area is 78.5 Å². The van der Waals surface area contributed by atoms with Gasteiger partial charge in [-0.05, 0) is 36.6 Å². The number of methoxy groups -OCH3 is 1. The van der Waals surface area contributed by atoms with Crippen molar-refractivity contribution in [2.75, 3.05) is 7.11 Å². The molecule has 13 heavy (non-hydrogen) atoms. The molecule has 2 rings (SSSR count). The molecule has 0 N–H and O–H groups in total. The SMILES string of the molecule is COc1ccc2c(c1)CC(C)OC2. The first-order valence-electron chi connectivity index (χ1n) is 4.57. The molecule has 0 fully saturated rings. The Morgan fingerprint density at radius 1 is 1.38 bits per heavy atom. The van der Waals surface area contributed by atoms with E-state index in [-0.39, 0.29) is 0 Å². The first-order chi connectivity index (χ1) is 6.29. The lowest BCUT2D eigenvalue weighted by molar-refractivity contribution is 0.0409. The highest BCUT2D eigenvalue weighted by Gasteiger charge is 2.15. The molecule has 1 aliphatic rings. The molecular formula is C11H14O2. The molecule has 0 amide bonds. The first-order valence-corrected chi connectivity index (χ1v) is 4.57. The van der Waals surface area contributed by atoms with Gasteiger partial charge in [0.25, 0.3) is 0 Å². The predicted octanol–water partition coefficient (Wildman–Crippen LogP) is 2.16. The molecule has 0 aromatic heterocycles. The molecule has 0 spiro atoms. The van der Waals surface area contributed by atoms with Crippen LogP contribution in [-0.2, 0) is 17.8 Å². The van der Waals surface area contributed by atoms with Crippen LogP contribution in [0.25, 0.3) is 0 Å². The van der Waals surface area contributed by atoms with E-state index in [0.717, 1.165) is 18.8 Å². The molecule has 0 saturated carbocycles. The summed E-state index contributed by atoms with van der Waals surface area (Å²) in [4.78, 5) is 0. The average molecular weight is 178 g/mol. The molecule has 1 aromatic rings. The average Bonchev–Trinajstić information content (AvgIpc) is 2.16. The summed E-state index contributed by atoms with van der Waals surface area (Å²) in [5, 5.41) is 0. The molecule has 0 bridgehead atoms. The van der Waals surface area contributed by atoms with Gasteiger partial charge in [-0.25, -0.2) is 0 Å². The van der Waals surface area contributed by atoms with Gasteiger partial charge in [-0.2, -0.15) is 0 Å². The number of fused-ring (bicyclic) bond motifs is 1. The van der Waals surface area contributed by atoms with E-state index in [1.54, 1.807) is 7.11 Å². The third-order valence-electron chi connectivity index (χ3n) is 2.44. The predicted molar refractivity (Wildman–Crippen MR) is 50.9 cm³/mol. The Kier molecular flexibility index (Phi) is 2.23. The summed E-state index contributed by atoms with van der Waals surface area (Å²) in [5.74, 6) is 0.938. The Hall–Kier alpha value is -1.02. The maximum absolute atomic E-state index is 5.54. The fraction of sp³-hybridized carbons (Fsp3) is 0.455. The van der Waals surface area contributed by atoms with E-state index in [4.69, 9.17) is 9.47 Å². The van der Waals surface area contributed by atoms with Crippen molar-refractivity contribution in [3.05, 3.63) is 29.3 Å². The molecule has 0 aliphatic carbocycles. The van der Waals surface area contributed by atoms with Crippen molar-refractivity contribution in [2.24, 2.45) is 0 Å². The van der Waals surface area contributed by atoms with Crippen molar-refractivity contribution in [3.8, 4) is 5.75 Å². The van der Waals surface area contributed by atoms with Gasteiger partial charge in [-0.3, -0.25) is 0 Å². The molecule has 70 valence electrons. The summed E-state index contributed by atoms with van der Waals surface area (Å²) >= 11 is 0. The van der Waals surface area contributed by atoms with Gasteiger partial charge in [0.1, 0.15) is 5.75 Å². The summed E-state index contributed by atoms with van der Waals surface area (Å²) in [6, 6.07) is 6.17. The van der Waals surface area contributed by atoms with Crippen LogP contribution in [0.4, 0.5) is 0 Å². The standard InChI is InChI=1S/C11H14O2/c1-8-5-10-6-11(12-2)4-3-9(10)7-13-8/h3-4,6,8H,5,7H2,1-2H3. The number of hydrogen-bond donors (Lipinski definition) is 0. The van der Waals surface area contributed by atoms with Gasteiger partial charge in [0.05, 0.1) is 19.8 Å². The maximum atomic E-state index is 5.54. The van der Waals surface area contributed by atoms with Crippen molar-refractivity contribution in [3.63, 3.8) is 0 Å². The Morgan fingerprint density at radius 2 is 2.23 bits per heavy atom. The topological polar surface area (TPSA) is 18.5 Å². The van der Waals surface area contributed by atoms with Crippen LogP contribution in [-0.4, -0.2) is 13.2 Å². The smallest absolute Gasteiger partial charge is 0.119 e. The highest BCUT2D eigenvalue weighted by molar-refractivity contribution is 5.36. The van der Waals surface area contributed by atoms with Crippen molar-refractivity contribution < 1.29 is 9.47 Å². The van der Waals surface area contributed by atoms with Crippen molar-refractivity contribution >= 4 is 0 Å². The number of hydrogen-bond acceptors (Lipinski definition) is 2. The van der Waals surface area contributed by atoms with Gasteiger partial charge >= 0.3 is 0 Å². The molecule has 1 aromatic carbocycles. The zero-order valence-corrected chi connectivity index (χ0v) is 8.04. The first kappa shape index (κ1) is 8.57. The minimum Gasteiger partial charge on any atom is -0.497 e. The molecule has 1 heterocycles. The lowest BCUT2D eigenvalue weighted by Gasteiger charge is -2.22. The highest BCUT2D eigenvalue weighted by Crippen LogP contribution is 2.24. The second-order valence-corrected chi connectivity index (χ2v) is 3.46. The zero-order chi connectivity index (χ0) is 9.26. The fourth-order valence-electron chi connectivity index (χ4n) is 1.66. The lowest BCUT2D eigenvalue weighted by atomic mass is 10.00. The Morgan fingerprint density at radius 3 is 3.00 bits per heavy atom. The monoisotopic (exact) mass is 178 g/mol. The highest BCUT2D eigenvalue weighted by atomic mass is 16.5. The summed E-state index contributed by atoms with van der Waals surface area (Å²) in [6.45, 7) is 2.84. The van der Waals surface area contributed by atoms with Crippen molar-refractivity contribution in [2.45, 2.75) is 26.1 Å². The van der Waals surface area contributed by atoms with Crippen LogP contribution >= 0.6 is 0 Å². The van der Waals surface area contributed by atoms with E-state index in [2.05, 4.69) is 19.1 Å². The van der Waals surface area contributed by atoms with E-state index < -0.39 is 0 Å². The van der Waals surface area contributed by atoms with Crippen LogP contribution in [0.3, 0.4) is 0 Å². The summed E-state index contributed by atoms with van der Waals surface area (Å²) < 4.78 is 10.7. The van der Waals surface area contributed by atoms with E-state index in [9.17, 15) is 0 Å². The zero-order valence-electron chi connectivity index (χ0n) is 8.04. The van der Waals surface area contributed by atoms with Crippen LogP contribution in [0.5, 0.6) is 5.75 Å². The van der Waals surface area contributed by atoms with Gasteiger partial charge in [0.15, 0.2) is 0 Å². The van der Waals surface area contributed by atoms with Crippen molar-refractivity contribution in [1.82, 2.24) is 0 Å². The van der Waals surface area contributed by atoms with Gasteiger partial charge in [0.2, 0.25) is 0 Å². The molecule has 2 nitrogen and oxygen atoms in total. The minimum atomic E-state index is 0.333. The van der Waals surface area contributed by atoms with Crippen molar-refractivity contribution in [1.29, 1.82) is 0 Å². The maximum Gasteiger partial charge on any atom is 0.119 e. The number of rotatable bonds is 1. The van der Waals surface area contributed by atoms with Crippen LogP contribution < -0.4 is 4.74 Å². The second-order valence-electron chi connectivity index (χ2n) is 3.46. The van der Waals surface area contributed by atoms with Crippen LogP contribution in [0.1, 0.15) is 18.1 Å². The van der Waals surface area contributed by atoms with Crippen LogP contribution in [0, 0.1) is 0 Å². The number of benzene rings is 1. The van der Waals surface area contributed by atoms with Crippen LogP contribution in [0.2, 0.25) is 0 Å². The molecule has 1 aliphatic heterocycles. The summed E-state index contributed by atoms with van der Waals surface area (Å²) in [5.41, 5.74) is 2.65. The van der Waals surface area contributed by atoms with E-state index in [1.165, 1.54) is 11.1 Å². The molecule has 2 heteroatoms. The quantitative estimate of drug-likeness (QED) is 0.656. The normalized spacial score (nSPS) is 20.9. The van der Waals surface area contributed by atoms with Crippen LogP contribution in [0.15, 0.2) is 18.2 Å². The van der Waals surface area contributed by atoms with E-state index >= 15 is 0 Å². The minimum absolute atomic E-state index is 0.333. The molecule has 0 radical (unpaired) electrons. The summed E-state index contributed by atoms with van der Waals surface area (Å²) in [6.07, 6.45) is 1.33. The molecular weight excluding hydrogens is 164 g/mol. The Bertz CT molecular complexity index is 307. The van der Waals surface area contributed by atoms with E-state index in [1.807, 2.05) is 6.07 Å². The van der Waals surface area contributed by atoms with Gasteiger partial charge in [-0.15, -0.1) is 0 Å². The Balaban J connectivity index is 2.32. The molecule has 1 unspecified atom stereocenters. The fourth-order valence-corrected chi connectivity index (χ4v) is 1.66. The molecule has 0 saturated heterocycles. The largest absolute Gasteiger partial charge is 0.497 e. The van der Waals surface area contributed by atoms with E-state index in [0.29, 0.717) is 6.10 Å². The number of ether oxygens (including phenoxy) is 2. The lowest BCUT2D eigenvalue weighted by Crippen LogP contribution is -2.18. The van der Waals surface area contributed by atoms with Gasteiger partial charge in [-0.1, -0.05) is 6.07 Å². The molecule has 1 atom stereocenters. The third kappa shape index (κ3) is 1.68. The summed E-state index contributed by atoms with van der Waals surface area (Å²) in [7, 11) is 1.70. The van der Waals surface area contributed by atoms with Gasteiger partial charge in [0, 0.05) is 0 Å².